The van der Waals surface area contributed by atoms with Crippen LogP contribution in [-0.2, 0) is 0 Å². The van der Waals surface area contributed by atoms with Crippen molar-refractivity contribution in [2.45, 2.75) is 6.42 Å². The minimum atomic E-state index is 0.441. The van der Waals surface area contributed by atoms with Gasteiger partial charge in [0.1, 0.15) is 5.82 Å². The standard InChI is InChI=1S/C9H11ClN2S/c10-8-5-9(11)12-6-7(8)3-1-2-4-13/h1,3,5-6,13H,2,4H2,(H2,11,12). The van der Waals surface area contributed by atoms with E-state index >= 15 is 0 Å². The third-order valence-corrected chi connectivity index (χ3v) is 2.08. The van der Waals surface area contributed by atoms with Gasteiger partial charge in [-0.2, -0.15) is 12.6 Å². The first-order valence-electron chi connectivity index (χ1n) is 3.92. The van der Waals surface area contributed by atoms with E-state index in [2.05, 4.69) is 17.6 Å². The maximum absolute atomic E-state index is 5.92. The molecule has 0 aliphatic rings. The van der Waals surface area contributed by atoms with Crippen molar-refractivity contribution in [2.75, 3.05) is 11.5 Å². The van der Waals surface area contributed by atoms with Gasteiger partial charge >= 0.3 is 0 Å². The summed E-state index contributed by atoms with van der Waals surface area (Å²) >= 11 is 10.0. The van der Waals surface area contributed by atoms with E-state index in [1.807, 2.05) is 12.2 Å². The second-order valence-corrected chi connectivity index (χ2v) is 3.40. The van der Waals surface area contributed by atoms with Crippen LogP contribution in [0.1, 0.15) is 12.0 Å². The van der Waals surface area contributed by atoms with E-state index in [1.165, 1.54) is 0 Å². The number of aromatic nitrogens is 1. The van der Waals surface area contributed by atoms with Crippen molar-refractivity contribution in [2.24, 2.45) is 0 Å². The van der Waals surface area contributed by atoms with Crippen LogP contribution >= 0.6 is 24.2 Å². The molecular weight excluding hydrogens is 204 g/mol. The largest absolute Gasteiger partial charge is 0.384 e. The Morgan fingerprint density at radius 2 is 2.38 bits per heavy atom. The maximum atomic E-state index is 5.92. The first kappa shape index (κ1) is 10.4. The number of anilines is 1. The molecule has 0 aromatic carbocycles. The molecular formula is C9H11ClN2S. The fourth-order valence-corrected chi connectivity index (χ4v) is 1.24. The number of hydrogen-bond donors (Lipinski definition) is 2. The molecule has 0 amide bonds. The highest BCUT2D eigenvalue weighted by molar-refractivity contribution is 7.80. The highest BCUT2D eigenvalue weighted by atomic mass is 35.5. The first-order valence-corrected chi connectivity index (χ1v) is 4.93. The van der Waals surface area contributed by atoms with Crippen molar-refractivity contribution in [1.29, 1.82) is 0 Å². The Balaban J connectivity index is 2.77. The minimum absolute atomic E-state index is 0.441. The fraction of sp³-hybridized carbons (Fsp3) is 0.222. The van der Waals surface area contributed by atoms with Gasteiger partial charge in [0, 0.05) is 11.8 Å². The van der Waals surface area contributed by atoms with Crippen LogP contribution in [0, 0.1) is 0 Å². The Labute approximate surface area is 88.2 Å². The van der Waals surface area contributed by atoms with Gasteiger partial charge in [0.05, 0.1) is 5.02 Å². The Kier molecular flexibility index (Phi) is 4.12. The Bertz CT molecular complexity index is 312. The monoisotopic (exact) mass is 214 g/mol. The number of nitrogen functional groups attached to an aromatic ring is 1. The van der Waals surface area contributed by atoms with E-state index in [9.17, 15) is 0 Å². The molecule has 0 saturated carbocycles. The zero-order valence-electron chi connectivity index (χ0n) is 7.07. The highest BCUT2D eigenvalue weighted by Crippen LogP contribution is 2.18. The molecule has 2 N–H and O–H groups in total. The van der Waals surface area contributed by atoms with Gasteiger partial charge in [-0.1, -0.05) is 23.8 Å². The van der Waals surface area contributed by atoms with E-state index in [4.69, 9.17) is 17.3 Å². The predicted molar refractivity (Wildman–Crippen MR) is 61.2 cm³/mol. The normalized spacial score (nSPS) is 10.9. The summed E-state index contributed by atoms with van der Waals surface area (Å²) in [5.74, 6) is 1.27. The average molecular weight is 215 g/mol. The van der Waals surface area contributed by atoms with Crippen LogP contribution < -0.4 is 5.73 Å². The van der Waals surface area contributed by atoms with Crippen molar-refractivity contribution in [3.8, 4) is 0 Å². The molecule has 0 unspecified atom stereocenters. The summed E-state index contributed by atoms with van der Waals surface area (Å²) in [6.07, 6.45) is 6.51. The minimum Gasteiger partial charge on any atom is -0.384 e. The smallest absolute Gasteiger partial charge is 0.124 e. The summed E-state index contributed by atoms with van der Waals surface area (Å²) in [6.45, 7) is 0. The number of hydrogen-bond acceptors (Lipinski definition) is 3. The lowest BCUT2D eigenvalue weighted by molar-refractivity contribution is 1.26. The highest BCUT2D eigenvalue weighted by Gasteiger charge is 1.96. The third-order valence-electron chi connectivity index (χ3n) is 1.50. The quantitative estimate of drug-likeness (QED) is 0.760. The molecule has 0 aliphatic carbocycles. The Morgan fingerprint density at radius 1 is 1.62 bits per heavy atom. The van der Waals surface area contributed by atoms with E-state index in [-0.39, 0.29) is 0 Å². The lowest BCUT2D eigenvalue weighted by Crippen LogP contribution is -1.89. The number of rotatable bonds is 3. The summed E-state index contributed by atoms with van der Waals surface area (Å²) < 4.78 is 0. The number of nitrogens with zero attached hydrogens (tertiary/aromatic N) is 1. The molecule has 1 aromatic rings. The topological polar surface area (TPSA) is 38.9 Å². The second kappa shape index (κ2) is 5.14. The van der Waals surface area contributed by atoms with Crippen molar-refractivity contribution < 1.29 is 0 Å². The molecule has 1 aromatic heterocycles. The Hall–Kier alpha value is -0.670. The van der Waals surface area contributed by atoms with E-state index in [1.54, 1.807) is 12.3 Å². The second-order valence-electron chi connectivity index (χ2n) is 2.55. The molecule has 0 bridgehead atoms. The summed E-state index contributed by atoms with van der Waals surface area (Å²) in [5, 5.41) is 0.628. The number of halogens is 1. The molecule has 70 valence electrons. The predicted octanol–water partition coefficient (Wildman–Crippen LogP) is 2.65. The van der Waals surface area contributed by atoms with Crippen LogP contribution in [0.4, 0.5) is 5.82 Å². The van der Waals surface area contributed by atoms with Gasteiger partial charge in [-0.25, -0.2) is 4.98 Å². The molecule has 4 heteroatoms. The molecule has 0 atom stereocenters. The van der Waals surface area contributed by atoms with Gasteiger partial charge in [-0.15, -0.1) is 0 Å². The maximum Gasteiger partial charge on any atom is 0.124 e. The molecule has 0 aliphatic heterocycles. The van der Waals surface area contributed by atoms with Crippen LogP contribution in [0.5, 0.6) is 0 Å². The lowest BCUT2D eigenvalue weighted by atomic mass is 10.2. The van der Waals surface area contributed by atoms with Gasteiger partial charge in [0.15, 0.2) is 0 Å². The summed E-state index contributed by atoms with van der Waals surface area (Å²) in [6, 6.07) is 1.64. The van der Waals surface area contributed by atoms with Crippen LogP contribution in [0.3, 0.4) is 0 Å². The van der Waals surface area contributed by atoms with E-state index < -0.39 is 0 Å². The number of thiol groups is 1. The van der Waals surface area contributed by atoms with Crippen molar-refractivity contribution in [3.05, 3.63) is 28.9 Å². The fourth-order valence-electron chi connectivity index (χ4n) is 0.864. The molecule has 1 heterocycles. The summed E-state index contributed by atoms with van der Waals surface area (Å²) in [7, 11) is 0. The van der Waals surface area contributed by atoms with Crippen molar-refractivity contribution >= 4 is 36.1 Å². The summed E-state index contributed by atoms with van der Waals surface area (Å²) in [5.41, 5.74) is 6.34. The molecule has 0 radical (unpaired) electrons. The first-order chi connectivity index (χ1) is 6.24. The van der Waals surface area contributed by atoms with E-state index in [0.29, 0.717) is 10.8 Å². The SMILES string of the molecule is Nc1cc(Cl)c(C=CCCS)cn1. The molecule has 0 saturated heterocycles. The average Bonchev–Trinajstić information content (AvgIpc) is 2.09. The van der Waals surface area contributed by atoms with Gasteiger partial charge < -0.3 is 5.73 Å². The number of allylic oxidation sites excluding steroid dienone is 1. The lowest BCUT2D eigenvalue weighted by Gasteiger charge is -1.98. The van der Waals surface area contributed by atoms with Crippen molar-refractivity contribution in [1.82, 2.24) is 4.98 Å². The van der Waals surface area contributed by atoms with Crippen LogP contribution in [0.2, 0.25) is 5.02 Å². The van der Waals surface area contributed by atoms with Gasteiger partial charge in [-0.05, 0) is 18.2 Å². The van der Waals surface area contributed by atoms with Crippen LogP contribution in [0.25, 0.3) is 6.08 Å². The zero-order chi connectivity index (χ0) is 9.68. The molecule has 0 spiro atoms. The van der Waals surface area contributed by atoms with Crippen LogP contribution in [0.15, 0.2) is 18.3 Å². The summed E-state index contributed by atoms with van der Waals surface area (Å²) in [4.78, 5) is 3.94. The third kappa shape index (κ3) is 3.28. The Morgan fingerprint density at radius 3 is 3.00 bits per heavy atom. The van der Waals surface area contributed by atoms with Gasteiger partial charge in [0.2, 0.25) is 0 Å². The molecule has 13 heavy (non-hydrogen) atoms. The van der Waals surface area contributed by atoms with Gasteiger partial charge in [-0.3, -0.25) is 0 Å². The van der Waals surface area contributed by atoms with Crippen LogP contribution in [-0.4, -0.2) is 10.7 Å². The zero-order valence-corrected chi connectivity index (χ0v) is 8.72. The number of nitrogens with two attached hydrogens (primary N) is 1. The van der Waals surface area contributed by atoms with Gasteiger partial charge in [0.25, 0.3) is 0 Å². The molecule has 1 rings (SSSR count). The molecule has 0 fully saturated rings. The van der Waals surface area contributed by atoms with Crippen molar-refractivity contribution in [3.63, 3.8) is 0 Å². The van der Waals surface area contributed by atoms with E-state index in [0.717, 1.165) is 17.7 Å². The number of pyridine rings is 1. The molecule has 2 nitrogen and oxygen atoms in total.